The Balaban J connectivity index is 1.88. The molecule has 0 bridgehead atoms. The van der Waals surface area contributed by atoms with Gasteiger partial charge in [-0.05, 0) is 23.3 Å². The zero-order valence-corrected chi connectivity index (χ0v) is 15.5. The number of Topliss-reactive ketones (excluding diaryl/α,β-unsaturated/α-hetero) is 1. The first-order chi connectivity index (χ1) is 14.2. The Morgan fingerprint density at radius 3 is 2.70 bits per heavy atom. The van der Waals surface area contributed by atoms with Crippen LogP contribution in [0, 0.1) is 11.3 Å². The lowest BCUT2D eigenvalue weighted by Crippen LogP contribution is -2.48. The average Bonchev–Trinajstić information content (AvgIpc) is 2.72. The summed E-state index contributed by atoms with van der Waals surface area (Å²) < 4.78 is 58.1. The van der Waals surface area contributed by atoms with Gasteiger partial charge in [0.1, 0.15) is 24.0 Å². The summed E-state index contributed by atoms with van der Waals surface area (Å²) in [5.74, 6) is -0.367. The number of carbonyl (C=O) groups is 1. The van der Waals surface area contributed by atoms with Gasteiger partial charge in [-0.25, -0.2) is 9.38 Å². The van der Waals surface area contributed by atoms with Gasteiger partial charge in [-0.15, -0.1) is 0 Å². The number of aliphatic imine (C=N–C) groups is 1. The lowest BCUT2D eigenvalue weighted by molar-refractivity contribution is -0.209. The van der Waals surface area contributed by atoms with Crippen molar-refractivity contribution in [2.45, 2.75) is 30.7 Å². The number of amidine groups is 1. The quantitative estimate of drug-likeness (QED) is 0.591. The van der Waals surface area contributed by atoms with Crippen molar-refractivity contribution in [3.8, 4) is 6.07 Å². The summed E-state index contributed by atoms with van der Waals surface area (Å²) in [6.45, 7) is -1.22. The van der Waals surface area contributed by atoms with Gasteiger partial charge in [-0.2, -0.15) is 18.4 Å². The monoisotopic (exact) mass is 420 g/mol. The number of nitriles is 1. The maximum atomic E-state index is 14.0. The van der Waals surface area contributed by atoms with E-state index in [4.69, 9.17) is 11.0 Å². The first-order valence-corrected chi connectivity index (χ1v) is 8.80. The molecule has 0 radical (unpaired) electrons. The third-order valence-electron chi connectivity index (χ3n) is 4.70. The van der Waals surface area contributed by atoms with Gasteiger partial charge in [0.05, 0.1) is 5.56 Å². The summed E-state index contributed by atoms with van der Waals surface area (Å²) in [6.07, 6.45) is -6.66. The molecule has 2 aromatic rings. The van der Waals surface area contributed by atoms with Gasteiger partial charge in [0.2, 0.25) is 0 Å². The highest BCUT2D eigenvalue weighted by molar-refractivity contribution is 5.95. The summed E-state index contributed by atoms with van der Waals surface area (Å²) in [6, 6.07) is 9.96. The van der Waals surface area contributed by atoms with E-state index in [-0.39, 0.29) is 23.5 Å². The van der Waals surface area contributed by atoms with Crippen LogP contribution in [0.2, 0.25) is 0 Å². The van der Waals surface area contributed by atoms with Gasteiger partial charge in [-0.3, -0.25) is 9.78 Å². The van der Waals surface area contributed by atoms with Crippen LogP contribution in [0.3, 0.4) is 0 Å². The number of ether oxygens (including phenoxy) is 1. The number of nitrogens with zero attached hydrogens (tertiary/aromatic N) is 3. The van der Waals surface area contributed by atoms with E-state index in [1.54, 1.807) is 6.07 Å². The van der Waals surface area contributed by atoms with Crippen molar-refractivity contribution >= 4 is 11.8 Å². The molecule has 1 aromatic carbocycles. The van der Waals surface area contributed by atoms with Crippen LogP contribution in [-0.2, 0) is 16.7 Å². The summed E-state index contributed by atoms with van der Waals surface area (Å²) >= 11 is 0. The molecule has 0 amide bonds. The first-order valence-electron chi connectivity index (χ1n) is 8.80. The van der Waals surface area contributed by atoms with E-state index >= 15 is 0 Å². The molecule has 2 N–H and O–H groups in total. The molecule has 0 spiro atoms. The smallest absolute Gasteiger partial charge is 0.425 e. The van der Waals surface area contributed by atoms with Gasteiger partial charge in [-0.1, -0.05) is 24.3 Å². The Kier molecular flexibility index (Phi) is 5.73. The molecule has 10 heteroatoms. The summed E-state index contributed by atoms with van der Waals surface area (Å²) in [4.78, 5) is 20.2. The Morgan fingerprint density at radius 2 is 2.10 bits per heavy atom. The summed E-state index contributed by atoms with van der Waals surface area (Å²) in [7, 11) is 0. The third kappa shape index (κ3) is 4.40. The number of alkyl halides is 4. The largest absolute Gasteiger partial charge is 0.452 e. The number of nitrogens with two attached hydrogens (primary N) is 1. The number of hydrogen-bond acceptors (Lipinski definition) is 6. The Bertz CT molecular complexity index is 1010. The molecular weight excluding hydrogens is 404 g/mol. The zero-order valence-electron chi connectivity index (χ0n) is 15.5. The lowest BCUT2D eigenvalue weighted by atomic mass is 9.84. The maximum Gasteiger partial charge on any atom is 0.425 e. The number of halogens is 4. The highest BCUT2D eigenvalue weighted by Gasteiger charge is 2.51. The van der Waals surface area contributed by atoms with E-state index in [2.05, 4.69) is 14.7 Å². The number of rotatable bonds is 5. The molecule has 1 aliphatic rings. The molecule has 6 nitrogen and oxygen atoms in total. The van der Waals surface area contributed by atoms with Gasteiger partial charge < -0.3 is 10.5 Å². The van der Waals surface area contributed by atoms with Gasteiger partial charge in [0, 0.05) is 19.0 Å². The molecular formula is C20H16F4N4O2. The van der Waals surface area contributed by atoms with Gasteiger partial charge >= 0.3 is 6.18 Å². The van der Waals surface area contributed by atoms with E-state index in [1.807, 2.05) is 6.07 Å². The Labute approximate surface area is 169 Å². The molecule has 2 heterocycles. The second kappa shape index (κ2) is 8.10. The van der Waals surface area contributed by atoms with Gasteiger partial charge in [0.15, 0.2) is 11.9 Å². The highest BCUT2D eigenvalue weighted by atomic mass is 19.4. The second-order valence-corrected chi connectivity index (χ2v) is 6.81. The average molecular weight is 420 g/mol. The number of carbonyl (C=O) groups excluding carboxylic acids is 1. The number of aromatic nitrogens is 1. The number of pyridine rings is 1. The number of hydrogen-bond donors (Lipinski definition) is 1. The fraction of sp³-hybridized carbons (Fsp3) is 0.300. The van der Waals surface area contributed by atoms with E-state index in [0.29, 0.717) is 11.1 Å². The maximum absolute atomic E-state index is 14.0. The normalized spacial score (nSPS) is 21.3. The van der Waals surface area contributed by atoms with Crippen LogP contribution in [0.15, 0.2) is 47.6 Å². The van der Waals surface area contributed by atoms with Gasteiger partial charge in [0.25, 0.3) is 6.02 Å². The predicted octanol–water partition coefficient (Wildman–Crippen LogP) is 3.21. The van der Waals surface area contributed by atoms with Crippen molar-refractivity contribution in [2.24, 2.45) is 10.7 Å². The Hall–Kier alpha value is -3.48. The molecule has 156 valence electrons. The van der Waals surface area contributed by atoms with Crippen molar-refractivity contribution < 1.29 is 27.1 Å². The van der Waals surface area contributed by atoms with Crippen LogP contribution in [0.5, 0.6) is 0 Å². The van der Waals surface area contributed by atoms with Crippen LogP contribution in [0.1, 0.15) is 33.6 Å². The topological polar surface area (TPSA) is 101 Å². The zero-order chi connectivity index (χ0) is 21.9. The van der Waals surface area contributed by atoms with Crippen molar-refractivity contribution in [2.75, 3.05) is 6.67 Å². The molecule has 1 aliphatic heterocycles. The molecule has 30 heavy (non-hydrogen) atoms. The van der Waals surface area contributed by atoms with Crippen molar-refractivity contribution in [1.29, 1.82) is 5.26 Å². The standard InChI is InChI=1S/C20H16F4N4O2/c21-11-19(8-17(20(22,23)24)30-18(26)28-19)14-3-1-2-12(6-14)7-16(29)15-5-4-13(9-25)10-27-15/h1-6,10,17H,7-8,11H2,(H2,26,28)/t17-,19+/m0/s1. The molecule has 0 saturated heterocycles. The second-order valence-electron chi connectivity index (χ2n) is 6.81. The molecule has 1 aromatic heterocycles. The number of ketones is 1. The van der Waals surface area contributed by atoms with Crippen LogP contribution in [0.25, 0.3) is 0 Å². The van der Waals surface area contributed by atoms with E-state index in [9.17, 15) is 22.4 Å². The van der Waals surface area contributed by atoms with E-state index in [1.165, 1.54) is 36.5 Å². The predicted molar refractivity (Wildman–Crippen MR) is 98.2 cm³/mol. The third-order valence-corrected chi connectivity index (χ3v) is 4.70. The fourth-order valence-electron chi connectivity index (χ4n) is 3.18. The fourth-order valence-corrected chi connectivity index (χ4v) is 3.18. The Morgan fingerprint density at radius 1 is 1.33 bits per heavy atom. The van der Waals surface area contributed by atoms with Crippen molar-refractivity contribution in [1.82, 2.24) is 4.98 Å². The van der Waals surface area contributed by atoms with E-state index < -0.39 is 36.9 Å². The minimum absolute atomic E-state index is 0.118. The SMILES string of the molecule is N#Cc1ccc(C(=O)Cc2cccc([C@]3(CF)C[C@@H](C(F)(F)F)OC(N)=N3)c2)nc1. The minimum Gasteiger partial charge on any atom is -0.452 e. The van der Waals surface area contributed by atoms with Crippen molar-refractivity contribution in [3.05, 3.63) is 65.0 Å². The highest BCUT2D eigenvalue weighted by Crippen LogP contribution is 2.40. The molecule has 0 unspecified atom stereocenters. The molecule has 2 atom stereocenters. The van der Waals surface area contributed by atoms with E-state index in [0.717, 1.165) is 0 Å². The molecule has 0 saturated carbocycles. The first kappa shape index (κ1) is 21.2. The molecule has 3 rings (SSSR count). The molecule has 0 aliphatic carbocycles. The number of benzene rings is 1. The van der Waals surface area contributed by atoms with Crippen LogP contribution < -0.4 is 5.73 Å². The molecule has 0 fully saturated rings. The van der Waals surface area contributed by atoms with Crippen LogP contribution >= 0.6 is 0 Å². The summed E-state index contributed by atoms with van der Waals surface area (Å²) in [5, 5.41) is 8.79. The summed E-state index contributed by atoms with van der Waals surface area (Å²) in [5.41, 5.74) is 4.57. The van der Waals surface area contributed by atoms with Crippen LogP contribution in [-0.4, -0.2) is 35.7 Å². The lowest BCUT2D eigenvalue weighted by Gasteiger charge is -2.36. The van der Waals surface area contributed by atoms with Crippen molar-refractivity contribution in [3.63, 3.8) is 0 Å². The van der Waals surface area contributed by atoms with Crippen LogP contribution in [0.4, 0.5) is 17.6 Å². The minimum atomic E-state index is -4.74.